The van der Waals surface area contributed by atoms with Crippen molar-refractivity contribution in [3.8, 4) is 0 Å². The summed E-state index contributed by atoms with van der Waals surface area (Å²) in [6.07, 6.45) is 6.17. The zero-order chi connectivity index (χ0) is 14.0. The molecule has 1 rings (SSSR count). The lowest BCUT2D eigenvalue weighted by Gasteiger charge is -2.30. The van der Waals surface area contributed by atoms with Gasteiger partial charge < -0.3 is 20.5 Å². The maximum Gasteiger partial charge on any atom is 0.191 e. The first kappa shape index (κ1) is 19.9. The van der Waals surface area contributed by atoms with Gasteiger partial charge in [-0.25, -0.2) is 0 Å². The van der Waals surface area contributed by atoms with E-state index in [1.165, 1.54) is 6.42 Å². The minimum Gasteiger partial charge on any atom is -0.388 e. The predicted octanol–water partition coefficient (Wildman–Crippen LogP) is 1.89. The van der Waals surface area contributed by atoms with Gasteiger partial charge in [0.2, 0.25) is 0 Å². The molecule has 0 saturated heterocycles. The summed E-state index contributed by atoms with van der Waals surface area (Å²) in [7, 11) is 1.71. The molecule has 0 bridgehead atoms. The summed E-state index contributed by atoms with van der Waals surface area (Å²) in [5, 5.41) is 16.9. The van der Waals surface area contributed by atoms with Crippen LogP contribution in [0.25, 0.3) is 0 Å². The van der Waals surface area contributed by atoms with E-state index in [0.717, 1.165) is 57.8 Å². The molecule has 1 aliphatic carbocycles. The highest BCUT2D eigenvalue weighted by atomic mass is 127. The number of ether oxygens (including phenoxy) is 1. The van der Waals surface area contributed by atoms with Crippen LogP contribution in [-0.2, 0) is 4.74 Å². The van der Waals surface area contributed by atoms with Crippen molar-refractivity contribution in [2.45, 2.75) is 51.0 Å². The van der Waals surface area contributed by atoms with E-state index in [0.29, 0.717) is 6.54 Å². The van der Waals surface area contributed by atoms with Crippen LogP contribution in [-0.4, -0.2) is 50.0 Å². The topological polar surface area (TPSA) is 65.9 Å². The Morgan fingerprint density at radius 2 is 1.95 bits per heavy atom. The second-order valence-corrected chi connectivity index (χ2v) is 5.25. The van der Waals surface area contributed by atoms with Crippen LogP contribution in [0.3, 0.4) is 0 Å². The van der Waals surface area contributed by atoms with E-state index in [2.05, 4.69) is 15.6 Å². The number of nitrogens with one attached hydrogen (secondary N) is 2. The Kier molecular flexibility index (Phi) is 11.5. The fourth-order valence-electron chi connectivity index (χ4n) is 2.36. The third-order valence-corrected chi connectivity index (χ3v) is 3.48. The van der Waals surface area contributed by atoms with E-state index >= 15 is 0 Å². The zero-order valence-corrected chi connectivity index (χ0v) is 15.1. The maximum absolute atomic E-state index is 10.4. The van der Waals surface area contributed by atoms with E-state index in [1.807, 2.05) is 6.92 Å². The Hall–Kier alpha value is -0.0800. The van der Waals surface area contributed by atoms with Crippen molar-refractivity contribution in [1.29, 1.82) is 0 Å². The average Bonchev–Trinajstić information content (AvgIpc) is 2.42. The minimum absolute atomic E-state index is 0. The minimum atomic E-state index is -0.590. The molecule has 6 heteroatoms. The SMILES string of the molecule is CCNC(=NCC1(O)CCCCC1)NCCCOC.I. The molecule has 120 valence electrons. The van der Waals surface area contributed by atoms with Gasteiger partial charge in [0.1, 0.15) is 0 Å². The molecule has 0 aromatic carbocycles. The van der Waals surface area contributed by atoms with E-state index in [1.54, 1.807) is 7.11 Å². The molecule has 0 aromatic rings. The highest BCUT2D eigenvalue weighted by Gasteiger charge is 2.28. The van der Waals surface area contributed by atoms with Crippen LogP contribution < -0.4 is 10.6 Å². The molecule has 1 aliphatic rings. The van der Waals surface area contributed by atoms with Gasteiger partial charge in [-0.1, -0.05) is 19.3 Å². The molecule has 0 radical (unpaired) electrons. The fourth-order valence-corrected chi connectivity index (χ4v) is 2.36. The summed E-state index contributed by atoms with van der Waals surface area (Å²) >= 11 is 0. The van der Waals surface area contributed by atoms with Crippen LogP contribution >= 0.6 is 24.0 Å². The van der Waals surface area contributed by atoms with Crippen molar-refractivity contribution >= 4 is 29.9 Å². The van der Waals surface area contributed by atoms with E-state index in [9.17, 15) is 5.11 Å². The normalized spacial score (nSPS) is 18.2. The van der Waals surface area contributed by atoms with Crippen LogP contribution in [0.4, 0.5) is 0 Å². The van der Waals surface area contributed by atoms with Crippen LogP contribution in [0.15, 0.2) is 4.99 Å². The van der Waals surface area contributed by atoms with Crippen LogP contribution in [0, 0.1) is 0 Å². The van der Waals surface area contributed by atoms with Crippen LogP contribution in [0.1, 0.15) is 45.4 Å². The Labute approximate surface area is 140 Å². The number of rotatable bonds is 7. The lowest BCUT2D eigenvalue weighted by atomic mass is 9.85. The number of aliphatic imine (C=N–C) groups is 1. The van der Waals surface area contributed by atoms with E-state index in [4.69, 9.17) is 4.74 Å². The molecule has 0 heterocycles. The monoisotopic (exact) mass is 399 g/mol. The average molecular weight is 399 g/mol. The van der Waals surface area contributed by atoms with Gasteiger partial charge >= 0.3 is 0 Å². The number of halogens is 1. The van der Waals surface area contributed by atoms with Crippen molar-refractivity contribution < 1.29 is 9.84 Å². The van der Waals surface area contributed by atoms with Gasteiger partial charge in [-0.2, -0.15) is 0 Å². The second kappa shape index (κ2) is 11.6. The largest absolute Gasteiger partial charge is 0.388 e. The smallest absolute Gasteiger partial charge is 0.191 e. The van der Waals surface area contributed by atoms with Crippen molar-refractivity contribution in [2.75, 3.05) is 33.4 Å². The Bertz CT molecular complexity index is 269. The Balaban J connectivity index is 0.00000361. The third-order valence-electron chi connectivity index (χ3n) is 3.48. The number of guanidine groups is 1. The Morgan fingerprint density at radius 1 is 1.25 bits per heavy atom. The summed E-state index contributed by atoms with van der Waals surface area (Å²) < 4.78 is 5.01. The van der Waals surface area contributed by atoms with Gasteiger partial charge in [-0.3, -0.25) is 4.99 Å². The quantitative estimate of drug-likeness (QED) is 0.265. The van der Waals surface area contributed by atoms with E-state index in [-0.39, 0.29) is 24.0 Å². The summed E-state index contributed by atoms with van der Waals surface area (Å²) in [4.78, 5) is 4.51. The zero-order valence-electron chi connectivity index (χ0n) is 12.8. The molecular weight excluding hydrogens is 369 g/mol. The van der Waals surface area contributed by atoms with Gasteiger partial charge in [0.05, 0.1) is 12.1 Å². The summed E-state index contributed by atoms with van der Waals surface area (Å²) in [6, 6.07) is 0. The molecular formula is C14H30IN3O2. The first-order valence-electron chi connectivity index (χ1n) is 7.44. The maximum atomic E-state index is 10.4. The lowest BCUT2D eigenvalue weighted by molar-refractivity contribution is 0.0131. The van der Waals surface area contributed by atoms with Crippen molar-refractivity contribution in [1.82, 2.24) is 10.6 Å². The first-order valence-corrected chi connectivity index (χ1v) is 7.44. The number of hydrogen-bond acceptors (Lipinski definition) is 3. The summed E-state index contributed by atoms with van der Waals surface area (Å²) in [5.41, 5.74) is -0.590. The molecule has 0 aliphatic heterocycles. The van der Waals surface area contributed by atoms with Gasteiger partial charge in [-0.15, -0.1) is 24.0 Å². The lowest BCUT2D eigenvalue weighted by Crippen LogP contribution is -2.41. The summed E-state index contributed by atoms with van der Waals surface area (Å²) in [6.45, 7) is 4.94. The Morgan fingerprint density at radius 3 is 2.55 bits per heavy atom. The number of aliphatic hydroxyl groups is 1. The highest BCUT2D eigenvalue weighted by Crippen LogP contribution is 2.28. The number of hydrogen-bond donors (Lipinski definition) is 3. The van der Waals surface area contributed by atoms with E-state index < -0.39 is 5.60 Å². The van der Waals surface area contributed by atoms with Crippen LogP contribution in [0.5, 0.6) is 0 Å². The van der Waals surface area contributed by atoms with Crippen molar-refractivity contribution in [2.24, 2.45) is 4.99 Å². The molecule has 0 unspecified atom stereocenters. The highest BCUT2D eigenvalue weighted by molar-refractivity contribution is 14.0. The molecule has 0 amide bonds. The van der Waals surface area contributed by atoms with Crippen molar-refractivity contribution in [3.05, 3.63) is 0 Å². The molecule has 5 nitrogen and oxygen atoms in total. The molecule has 1 fully saturated rings. The third kappa shape index (κ3) is 8.26. The first-order chi connectivity index (χ1) is 9.20. The molecule has 0 atom stereocenters. The molecule has 20 heavy (non-hydrogen) atoms. The second-order valence-electron chi connectivity index (χ2n) is 5.25. The van der Waals surface area contributed by atoms with Gasteiger partial charge in [0, 0.05) is 26.8 Å². The number of methoxy groups -OCH3 is 1. The fraction of sp³-hybridized carbons (Fsp3) is 0.929. The van der Waals surface area contributed by atoms with Gasteiger partial charge in [-0.05, 0) is 26.2 Å². The van der Waals surface area contributed by atoms with Crippen LogP contribution in [0.2, 0.25) is 0 Å². The molecule has 0 spiro atoms. The molecule has 0 aromatic heterocycles. The standard InChI is InChI=1S/C14H29N3O2.HI/c1-3-15-13(16-10-7-11-19-2)17-12-14(18)8-5-4-6-9-14;/h18H,3-12H2,1-2H3,(H2,15,16,17);1H. The summed E-state index contributed by atoms with van der Waals surface area (Å²) in [5.74, 6) is 0.789. The number of nitrogens with zero attached hydrogens (tertiary/aromatic N) is 1. The van der Waals surface area contributed by atoms with Gasteiger partial charge in [0.15, 0.2) is 5.96 Å². The van der Waals surface area contributed by atoms with Gasteiger partial charge in [0.25, 0.3) is 0 Å². The molecule has 3 N–H and O–H groups in total. The molecule has 1 saturated carbocycles. The van der Waals surface area contributed by atoms with Crippen molar-refractivity contribution in [3.63, 3.8) is 0 Å². The predicted molar refractivity (Wildman–Crippen MR) is 93.9 cm³/mol.